The molecule has 0 radical (unpaired) electrons. The monoisotopic (exact) mass is 267 g/mol. The molecule has 0 saturated heterocycles. The zero-order chi connectivity index (χ0) is 14.5. The van der Waals surface area contributed by atoms with Crippen LogP contribution in [0.4, 0.5) is 0 Å². The summed E-state index contributed by atoms with van der Waals surface area (Å²) >= 11 is 0. The van der Waals surface area contributed by atoms with Crippen LogP contribution in [-0.4, -0.2) is 13.0 Å². The molecule has 2 nitrogen and oxygen atoms in total. The first kappa shape index (κ1) is 14.3. The fourth-order valence-corrected chi connectivity index (χ4v) is 2.52. The van der Waals surface area contributed by atoms with Crippen molar-refractivity contribution in [2.45, 2.75) is 26.2 Å². The van der Waals surface area contributed by atoms with E-state index in [0.717, 1.165) is 0 Å². The van der Waals surface area contributed by atoms with Crippen LogP contribution in [0.1, 0.15) is 34.6 Å². The minimum atomic E-state index is 0.0692. The predicted octanol–water partition coefficient (Wildman–Crippen LogP) is 3.57. The summed E-state index contributed by atoms with van der Waals surface area (Å²) in [5, 5.41) is 2.73. The van der Waals surface area contributed by atoms with Crippen LogP contribution in [-0.2, 0) is 4.79 Å². The lowest BCUT2D eigenvalue weighted by atomic mass is 9.85. The third-order valence-corrected chi connectivity index (χ3v) is 3.68. The molecule has 0 aromatic heterocycles. The van der Waals surface area contributed by atoms with E-state index >= 15 is 0 Å². The summed E-state index contributed by atoms with van der Waals surface area (Å²) in [5.74, 6) is 0.177. The Hall–Kier alpha value is -2.09. The second-order valence-electron chi connectivity index (χ2n) is 5.20. The van der Waals surface area contributed by atoms with Crippen LogP contribution in [0.15, 0.2) is 48.5 Å². The second-order valence-corrected chi connectivity index (χ2v) is 5.20. The first-order chi connectivity index (χ1) is 9.61. The summed E-state index contributed by atoms with van der Waals surface area (Å²) in [6.45, 7) is 4.19. The van der Waals surface area contributed by atoms with Crippen LogP contribution in [0.3, 0.4) is 0 Å². The Balaban J connectivity index is 2.46. The SMILES string of the molecule is CNC(=O)CC(c1ccccc1)c1cc(C)ccc1C. The molecule has 0 aliphatic carbocycles. The van der Waals surface area contributed by atoms with Gasteiger partial charge in [0.05, 0.1) is 0 Å². The van der Waals surface area contributed by atoms with Gasteiger partial charge in [-0.3, -0.25) is 4.79 Å². The van der Waals surface area contributed by atoms with Crippen molar-refractivity contribution in [3.8, 4) is 0 Å². The lowest BCUT2D eigenvalue weighted by Gasteiger charge is -2.20. The molecule has 0 aliphatic rings. The molecule has 1 unspecified atom stereocenters. The zero-order valence-corrected chi connectivity index (χ0v) is 12.3. The van der Waals surface area contributed by atoms with Crippen molar-refractivity contribution in [3.05, 3.63) is 70.8 Å². The second kappa shape index (κ2) is 6.38. The van der Waals surface area contributed by atoms with Gasteiger partial charge in [-0.2, -0.15) is 0 Å². The molecule has 2 rings (SSSR count). The van der Waals surface area contributed by atoms with Gasteiger partial charge >= 0.3 is 0 Å². The molecule has 1 N–H and O–H groups in total. The van der Waals surface area contributed by atoms with Gasteiger partial charge in [-0.05, 0) is 30.5 Å². The van der Waals surface area contributed by atoms with Gasteiger partial charge in [0.2, 0.25) is 5.91 Å². The lowest BCUT2D eigenvalue weighted by molar-refractivity contribution is -0.120. The van der Waals surface area contributed by atoms with Gasteiger partial charge in [-0.1, -0.05) is 54.1 Å². The quantitative estimate of drug-likeness (QED) is 0.901. The lowest BCUT2D eigenvalue weighted by Crippen LogP contribution is -2.21. The molecule has 2 heteroatoms. The van der Waals surface area contributed by atoms with E-state index in [9.17, 15) is 4.79 Å². The minimum Gasteiger partial charge on any atom is -0.359 e. The topological polar surface area (TPSA) is 29.1 Å². The Kier molecular flexibility index (Phi) is 4.57. The number of aryl methyl sites for hydroxylation is 2. The average molecular weight is 267 g/mol. The molecule has 1 atom stereocenters. The number of benzene rings is 2. The van der Waals surface area contributed by atoms with E-state index in [1.807, 2.05) is 18.2 Å². The van der Waals surface area contributed by atoms with E-state index in [1.54, 1.807) is 7.05 Å². The van der Waals surface area contributed by atoms with E-state index in [0.29, 0.717) is 6.42 Å². The number of nitrogens with one attached hydrogen (secondary N) is 1. The highest BCUT2D eigenvalue weighted by Gasteiger charge is 2.19. The summed E-state index contributed by atoms with van der Waals surface area (Å²) < 4.78 is 0. The molecule has 20 heavy (non-hydrogen) atoms. The van der Waals surface area contributed by atoms with E-state index in [-0.39, 0.29) is 11.8 Å². The molecule has 0 aliphatic heterocycles. The van der Waals surface area contributed by atoms with Crippen LogP contribution in [0.25, 0.3) is 0 Å². The Morgan fingerprint density at radius 1 is 1.10 bits per heavy atom. The molecule has 0 bridgehead atoms. The Morgan fingerprint density at radius 3 is 2.45 bits per heavy atom. The average Bonchev–Trinajstić information content (AvgIpc) is 2.48. The highest BCUT2D eigenvalue weighted by molar-refractivity contribution is 5.77. The van der Waals surface area contributed by atoms with Crippen molar-refractivity contribution < 1.29 is 4.79 Å². The summed E-state index contributed by atoms with van der Waals surface area (Å²) in [4.78, 5) is 11.9. The van der Waals surface area contributed by atoms with Gasteiger partial charge < -0.3 is 5.32 Å². The minimum absolute atomic E-state index is 0.0692. The fourth-order valence-electron chi connectivity index (χ4n) is 2.52. The van der Waals surface area contributed by atoms with Crippen LogP contribution in [0.2, 0.25) is 0 Å². The molecule has 0 spiro atoms. The molecule has 104 valence electrons. The van der Waals surface area contributed by atoms with Gasteiger partial charge in [-0.15, -0.1) is 0 Å². The zero-order valence-electron chi connectivity index (χ0n) is 12.3. The summed E-state index contributed by atoms with van der Waals surface area (Å²) in [7, 11) is 1.69. The van der Waals surface area contributed by atoms with E-state index in [2.05, 4.69) is 49.5 Å². The fraction of sp³-hybridized carbons (Fsp3) is 0.278. The largest absolute Gasteiger partial charge is 0.359 e. The highest BCUT2D eigenvalue weighted by Crippen LogP contribution is 2.30. The van der Waals surface area contributed by atoms with E-state index in [1.165, 1.54) is 22.3 Å². The van der Waals surface area contributed by atoms with Crippen molar-refractivity contribution >= 4 is 5.91 Å². The molecule has 2 aromatic carbocycles. The standard InChI is InChI=1S/C18H21NO/c1-13-9-10-14(2)16(11-13)17(12-18(20)19-3)15-7-5-4-6-8-15/h4-11,17H,12H2,1-3H3,(H,19,20). The molecule has 1 amide bonds. The summed E-state index contributed by atoms with van der Waals surface area (Å²) in [6, 6.07) is 16.7. The van der Waals surface area contributed by atoms with Crippen LogP contribution < -0.4 is 5.32 Å². The van der Waals surface area contributed by atoms with Crippen molar-refractivity contribution in [1.82, 2.24) is 5.32 Å². The van der Waals surface area contributed by atoms with Crippen molar-refractivity contribution in [3.63, 3.8) is 0 Å². The number of rotatable bonds is 4. The van der Waals surface area contributed by atoms with Crippen molar-refractivity contribution in [1.29, 1.82) is 0 Å². The number of carbonyl (C=O) groups is 1. The Morgan fingerprint density at radius 2 is 1.80 bits per heavy atom. The molecular formula is C18H21NO. The van der Waals surface area contributed by atoms with Crippen LogP contribution in [0, 0.1) is 13.8 Å². The first-order valence-electron chi connectivity index (χ1n) is 6.94. The maximum absolute atomic E-state index is 11.9. The molecular weight excluding hydrogens is 246 g/mol. The first-order valence-corrected chi connectivity index (χ1v) is 6.94. The number of amides is 1. The van der Waals surface area contributed by atoms with Gasteiger partial charge in [0.15, 0.2) is 0 Å². The van der Waals surface area contributed by atoms with E-state index in [4.69, 9.17) is 0 Å². The maximum atomic E-state index is 11.9. The summed E-state index contributed by atoms with van der Waals surface area (Å²) in [6.07, 6.45) is 0.477. The number of carbonyl (C=O) groups excluding carboxylic acids is 1. The maximum Gasteiger partial charge on any atom is 0.220 e. The van der Waals surface area contributed by atoms with Crippen molar-refractivity contribution in [2.24, 2.45) is 0 Å². The molecule has 0 fully saturated rings. The van der Waals surface area contributed by atoms with Gasteiger partial charge in [0.1, 0.15) is 0 Å². The predicted molar refractivity (Wildman–Crippen MR) is 82.9 cm³/mol. The van der Waals surface area contributed by atoms with Gasteiger partial charge in [0.25, 0.3) is 0 Å². The third-order valence-electron chi connectivity index (χ3n) is 3.68. The molecule has 0 saturated carbocycles. The molecule has 2 aromatic rings. The Bertz CT molecular complexity index is 590. The number of hydrogen-bond donors (Lipinski definition) is 1. The molecule has 0 heterocycles. The van der Waals surface area contributed by atoms with Crippen molar-refractivity contribution in [2.75, 3.05) is 7.05 Å². The highest BCUT2D eigenvalue weighted by atomic mass is 16.1. The van der Waals surface area contributed by atoms with Crippen LogP contribution in [0.5, 0.6) is 0 Å². The Labute approximate surface area is 120 Å². The number of hydrogen-bond acceptors (Lipinski definition) is 1. The smallest absolute Gasteiger partial charge is 0.220 e. The summed E-state index contributed by atoms with van der Waals surface area (Å²) in [5.41, 5.74) is 4.88. The third kappa shape index (κ3) is 3.27. The van der Waals surface area contributed by atoms with Gasteiger partial charge in [-0.25, -0.2) is 0 Å². The van der Waals surface area contributed by atoms with Gasteiger partial charge in [0, 0.05) is 19.4 Å². The normalized spacial score (nSPS) is 11.9. The van der Waals surface area contributed by atoms with Crippen LogP contribution >= 0.6 is 0 Å². The van der Waals surface area contributed by atoms with E-state index < -0.39 is 0 Å².